The maximum absolute atomic E-state index is 11.9. The summed E-state index contributed by atoms with van der Waals surface area (Å²) in [4.78, 5) is 22.8. The third-order valence-electron chi connectivity index (χ3n) is 4.80. The minimum absolute atomic E-state index is 0.106. The predicted octanol–water partition coefficient (Wildman–Crippen LogP) is 2.05. The van der Waals surface area contributed by atoms with E-state index in [1.807, 2.05) is 30.5 Å². The molecule has 132 valence electrons. The summed E-state index contributed by atoms with van der Waals surface area (Å²) in [5.74, 6) is 0.794. The average Bonchev–Trinajstić information content (AvgIpc) is 3.03. The average molecular weight is 340 g/mol. The number of fused-ring (bicyclic) bond motifs is 1. The number of hydrogen-bond donors (Lipinski definition) is 1. The molecule has 0 radical (unpaired) electrons. The Morgan fingerprint density at radius 3 is 2.92 bits per heavy atom. The Morgan fingerprint density at radius 2 is 2.16 bits per heavy atom. The SMILES string of the molecule is CN=C(NCc1ccnc2ccccc12)N1CC(C)C(C(=O)OC)C1. The third kappa shape index (κ3) is 3.57. The highest BCUT2D eigenvalue weighted by molar-refractivity contribution is 5.84. The Balaban J connectivity index is 1.70. The molecule has 1 aliphatic heterocycles. The lowest BCUT2D eigenvalue weighted by atomic mass is 9.99. The molecular weight excluding hydrogens is 316 g/mol. The van der Waals surface area contributed by atoms with Gasteiger partial charge in [0.05, 0.1) is 18.5 Å². The number of hydrogen-bond acceptors (Lipinski definition) is 4. The molecule has 2 atom stereocenters. The Kier molecular flexibility index (Phi) is 5.16. The largest absolute Gasteiger partial charge is 0.469 e. The number of likely N-dealkylation sites (tertiary alicyclic amines) is 1. The van der Waals surface area contributed by atoms with Crippen LogP contribution in [0.3, 0.4) is 0 Å². The number of nitrogens with zero attached hydrogens (tertiary/aromatic N) is 3. The molecule has 0 bridgehead atoms. The number of pyridine rings is 1. The van der Waals surface area contributed by atoms with Crippen molar-refractivity contribution >= 4 is 22.8 Å². The van der Waals surface area contributed by atoms with E-state index < -0.39 is 0 Å². The molecule has 0 saturated carbocycles. The smallest absolute Gasteiger partial charge is 0.310 e. The summed E-state index contributed by atoms with van der Waals surface area (Å²) >= 11 is 0. The van der Waals surface area contributed by atoms with Crippen molar-refractivity contribution in [3.63, 3.8) is 0 Å². The first-order chi connectivity index (χ1) is 12.1. The Bertz CT molecular complexity index is 785. The Labute approximate surface area is 147 Å². The number of guanidine groups is 1. The van der Waals surface area contributed by atoms with Gasteiger partial charge in [-0.1, -0.05) is 25.1 Å². The van der Waals surface area contributed by atoms with Crippen LogP contribution in [0.2, 0.25) is 0 Å². The van der Waals surface area contributed by atoms with Crippen LogP contribution in [0.25, 0.3) is 10.9 Å². The first-order valence-corrected chi connectivity index (χ1v) is 8.50. The van der Waals surface area contributed by atoms with Gasteiger partial charge in [-0.3, -0.25) is 14.8 Å². The minimum atomic E-state index is -0.148. The molecule has 0 spiro atoms. The molecule has 0 amide bonds. The van der Waals surface area contributed by atoms with Crippen LogP contribution in [0, 0.1) is 11.8 Å². The second-order valence-electron chi connectivity index (χ2n) is 6.40. The highest BCUT2D eigenvalue weighted by Gasteiger charge is 2.36. The number of esters is 1. The number of carbonyl (C=O) groups excluding carboxylic acids is 1. The van der Waals surface area contributed by atoms with Gasteiger partial charge in [-0.25, -0.2) is 0 Å². The van der Waals surface area contributed by atoms with Crippen molar-refractivity contribution in [1.29, 1.82) is 0 Å². The van der Waals surface area contributed by atoms with Gasteiger partial charge in [-0.05, 0) is 23.6 Å². The van der Waals surface area contributed by atoms with Crippen LogP contribution in [0.5, 0.6) is 0 Å². The van der Waals surface area contributed by atoms with Gasteiger partial charge in [-0.2, -0.15) is 0 Å². The van der Waals surface area contributed by atoms with Crippen molar-refractivity contribution in [2.24, 2.45) is 16.8 Å². The van der Waals surface area contributed by atoms with Crippen LogP contribution in [0.4, 0.5) is 0 Å². The highest BCUT2D eigenvalue weighted by atomic mass is 16.5. The lowest BCUT2D eigenvalue weighted by Gasteiger charge is -2.21. The molecule has 2 heterocycles. The van der Waals surface area contributed by atoms with Gasteiger partial charge in [0.1, 0.15) is 0 Å². The number of ether oxygens (including phenoxy) is 1. The van der Waals surface area contributed by atoms with E-state index in [1.54, 1.807) is 7.05 Å². The van der Waals surface area contributed by atoms with E-state index in [0.717, 1.165) is 23.4 Å². The quantitative estimate of drug-likeness (QED) is 0.526. The van der Waals surface area contributed by atoms with Gasteiger partial charge in [-0.15, -0.1) is 0 Å². The molecule has 1 aromatic heterocycles. The molecular formula is C19H24N4O2. The van der Waals surface area contributed by atoms with Crippen LogP contribution >= 0.6 is 0 Å². The number of nitrogens with one attached hydrogen (secondary N) is 1. The summed E-state index contributed by atoms with van der Waals surface area (Å²) in [6.07, 6.45) is 1.83. The molecule has 1 saturated heterocycles. The standard InChI is InChI=1S/C19H24N4O2/c1-13-11-23(12-16(13)18(24)25-3)19(20-2)22-10-14-8-9-21-17-7-5-4-6-15(14)17/h4-9,13,16H,10-12H2,1-3H3,(H,20,22). The summed E-state index contributed by atoms with van der Waals surface area (Å²) in [6, 6.07) is 10.1. The molecule has 3 rings (SSSR count). The van der Waals surface area contributed by atoms with Crippen molar-refractivity contribution in [3.8, 4) is 0 Å². The summed E-state index contributed by atoms with van der Waals surface area (Å²) < 4.78 is 4.91. The fourth-order valence-electron chi connectivity index (χ4n) is 3.41. The Morgan fingerprint density at radius 1 is 1.36 bits per heavy atom. The second kappa shape index (κ2) is 7.51. The topological polar surface area (TPSA) is 66.8 Å². The van der Waals surface area contributed by atoms with Gasteiger partial charge in [0.15, 0.2) is 5.96 Å². The first kappa shape index (κ1) is 17.2. The fourth-order valence-corrected chi connectivity index (χ4v) is 3.41. The summed E-state index contributed by atoms with van der Waals surface area (Å²) in [7, 11) is 3.21. The van der Waals surface area contributed by atoms with E-state index in [0.29, 0.717) is 13.1 Å². The molecule has 25 heavy (non-hydrogen) atoms. The van der Waals surface area contributed by atoms with Gasteiger partial charge in [0.25, 0.3) is 0 Å². The van der Waals surface area contributed by atoms with Crippen molar-refractivity contribution in [2.75, 3.05) is 27.2 Å². The van der Waals surface area contributed by atoms with Crippen LogP contribution in [-0.2, 0) is 16.1 Å². The number of rotatable bonds is 3. The summed E-state index contributed by atoms with van der Waals surface area (Å²) in [5, 5.41) is 4.55. The number of para-hydroxylation sites is 1. The summed E-state index contributed by atoms with van der Waals surface area (Å²) in [5.41, 5.74) is 2.15. The van der Waals surface area contributed by atoms with Crippen LogP contribution in [0.1, 0.15) is 12.5 Å². The molecule has 1 aliphatic rings. The van der Waals surface area contributed by atoms with E-state index in [9.17, 15) is 4.79 Å². The monoisotopic (exact) mass is 340 g/mol. The van der Waals surface area contributed by atoms with Crippen molar-refractivity contribution in [2.45, 2.75) is 13.5 Å². The van der Waals surface area contributed by atoms with Crippen molar-refractivity contribution < 1.29 is 9.53 Å². The maximum atomic E-state index is 11.9. The number of aliphatic imine (C=N–C) groups is 1. The number of carbonyl (C=O) groups is 1. The number of aromatic nitrogens is 1. The van der Waals surface area contributed by atoms with Crippen LogP contribution in [-0.4, -0.2) is 49.1 Å². The molecule has 6 nitrogen and oxygen atoms in total. The van der Waals surface area contributed by atoms with E-state index in [4.69, 9.17) is 4.74 Å². The molecule has 2 unspecified atom stereocenters. The number of benzene rings is 1. The zero-order valence-corrected chi connectivity index (χ0v) is 14.9. The lowest BCUT2D eigenvalue weighted by molar-refractivity contribution is -0.145. The third-order valence-corrected chi connectivity index (χ3v) is 4.80. The number of methoxy groups -OCH3 is 1. The fraction of sp³-hybridized carbons (Fsp3) is 0.421. The molecule has 1 aromatic carbocycles. The van der Waals surface area contributed by atoms with E-state index in [-0.39, 0.29) is 17.8 Å². The summed E-state index contributed by atoms with van der Waals surface area (Å²) in [6.45, 7) is 4.15. The van der Waals surface area contributed by atoms with E-state index in [2.05, 4.69) is 33.2 Å². The van der Waals surface area contributed by atoms with Gasteiger partial charge >= 0.3 is 5.97 Å². The highest BCUT2D eigenvalue weighted by Crippen LogP contribution is 2.24. The molecule has 6 heteroatoms. The lowest BCUT2D eigenvalue weighted by Crippen LogP contribution is -2.40. The van der Waals surface area contributed by atoms with Gasteiger partial charge < -0.3 is 15.0 Å². The Hall–Kier alpha value is -2.63. The van der Waals surface area contributed by atoms with Crippen molar-refractivity contribution in [3.05, 3.63) is 42.1 Å². The molecule has 1 fully saturated rings. The molecule has 2 aromatic rings. The predicted molar refractivity (Wildman–Crippen MR) is 98.2 cm³/mol. The van der Waals surface area contributed by atoms with E-state index in [1.165, 1.54) is 12.7 Å². The van der Waals surface area contributed by atoms with Gasteiger partial charge in [0.2, 0.25) is 0 Å². The minimum Gasteiger partial charge on any atom is -0.469 e. The normalized spacial score (nSPS) is 20.8. The first-order valence-electron chi connectivity index (χ1n) is 8.50. The second-order valence-corrected chi connectivity index (χ2v) is 6.40. The van der Waals surface area contributed by atoms with Crippen molar-refractivity contribution in [1.82, 2.24) is 15.2 Å². The maximum Gasteiger partial charge on any atom is 0.310 e. The van der Waals surface area contributed by atoms with Crippen LogP contribution < -0.4 is 5.32 Å². The van der Waals surface area contributed by atoms with E-state index >= 15 is 0 Å². The van der Waals surface area contributed by atoms with Gasteiger partial charge in [0, 0.05) is 38.3 Å². The molecule has 0 aliphatic carbocycles. The zero-order chi connectivity index (χ0) is 17.8. The molecule has 1 N–H and O–H groups in total. The zero-order valence-electron chi connectivity index (χ0n) is 14.9. The van der Waals surface area contributed by atoms with Crippen LogP contribution in [0.15, 0.2) is 41.5 Å².